The molecule has 28 heavy (non-hydrogen) atoms. The SMILES string of the molecule is COCCOCOCCC[S+]([O-])c1nccn1-c1ccccc1OS(C)(=O)=O. The van der Waals surface area contributed by atoms with Gasteiger partial charge in [0.25, 0.3) is 0 Å². The topological polar surface area (TPSA) is 112 Å². The number of benzene rings is 1. The van der Waals surface area contributed by atoms with Crippen LogP contribution >= 0.6 is 0 Å². The minimum atomic E-state index is -3.70. The van der Waals surface area contributed by atoms with E-state index in [2.05, 4.69) is 4.98 Å². The van der Waals surface area contributed by atoms with Gasteiger partial charge in [0.2, 0.25) is 0 Å². The van der Waals surface area contributed by atoms with Crippen molar-refractivity contribution in [2.75, 3.05) is 45.7 Å². The molecule has 0 spiro atoms. The molecule has 9 nitrogen and oxygen atoms in total. The van der Waals surface area contributed by atoms with Crippen molar-refractivity contribution in [2.24, 2.45) is 0 Å². The first-order valence-electron chi connectivity index (χ1n) is 8.47. The highest BCUT2D eigenvalue weighted by atomic mass is 32.2. The monoisotopic (exact) mass is 432 g/mol. The fourth-order valence-corrected chi connectivity index (χ4v) is 3.82. The summed E-state index contributed by atoms with van der Waals surface area (Å²) in [7, 11) is -2.11. The maximum absolute atomic E-state index is 12.6. The first-order chi connectivity index (χ1) is 13.4. The molecule has 0 fully saturated rings. The number of nitrogens with zero attached hydrogens (tertiary/aromatic N) is 2. The third-order valence-electron chi connectivity index (χ3n) is 3.39. The summed E-state index contributed by atoms with van der Waals surface area (Å²) in [5.41, 5.74) is 0.441. The molecule has 0 amide bonds. The van der Waals surface area contributed by atoms with Gasteiger partial charge < -0.3 is 22.9 Å². The molecular formula is C17H24N2O7S2. The van der Waals surface area contributed by atoms with Crippen LogP contribution in [0.1, 0.15) is 6.42 Å². The molecule has 2 aromatic rings. The summed E-state index contributed by atoms with van der Waals surface area (Å²) in [5, 5.41) is 0.306. The smallest absolute Gasteiger partial charge is 0.327 e. The Labute approximate surface area is 167 Å². The summed E-state index contributed by atoms with van der Waals surface area (Å²) in [6, 6.07) is 6.59. The van der Waals surface area contributed by atoms with Crippen LogP contribution in [0.5, 0.6) is 5.75 Å². The van der Waals surface area contributed by atoms with Gasteiger partial charge in [0.1, 0.15) is 12.5 Å². The van der Waals surface area contributed by atoms with E-state index < -0.39 is 21.3 Å². The van der Waals surface area contributed by atoms with E-state index in [-0.39, 0.29) is 12.5 Å². The average Bonchev–Trinajstić information content (AvgIpc) is 3.12. The Hall–Kier alpha value is -1.63. The highest BCUT2D eigenvalue weighted by Gasteiger charge is 2.21. The molecule has 0 radical (unpaired) electrons. The fourth-order valence-electron chi connectivity index (χ4n) is 2.23. The maximum atomic E-state index is 12.6. The molecule has 1 unspecified atom stereocenters. The molecule has 1 aromatic heterocycles. The van der Waals surface area contributed by atoms with Gasteiger partial charge in [-0.3, -0.25) is 4.57 Å². The molecule has 0 aliphatic rings. The van der Waals surface area contributed by atoms with E-state index in [1.54, 1.807) is 36.1 Å². The van der Waals surface area contributed by atoms with E-state index >= 15 is 0 Å². The third kappa shape index (κ3) is 7.41. The second kappa shape index (κ2) is 11.4. The van der Waals surface area contributed by atoms with E-state index in [4.69, 9.17) is 18.4 Å². The van der Waals surface area contributed by atoms with E-state index in [1.165, 1.54) is 12.3 Å². The largest absolute Gasteiger partial charge is 0.609 e. The van der Waals surface area contributed by atoms with Crippen LogP contribution in [0.15, 0.2) is 41.8 Å². The van der Waals surface area contributed by atoms with Gasteiger partial charge in [0.05, 0.1) is 38.0 Å². The second-order valence-electron chi connectivity index (χ2n) is 5.67. The molecular weight excluding hydrogens is 408 g/mol. The molecule has 1 atom stereocenters. The minimum Gasteiger partial charge on any atom is -0.609 e. The molecule has 0 saturated carbocycles. The van der Waals surface area contributed by atoms with Crippen LogP contribution in [0.2, 0.25) is 0 Å². The lowest BCUT2D eigenvalue weighted by Gasteiger charge is -2.14. The number of hydrogen-bond donors (Lipinski definition) is 0. The van der Waals surface area contributed by atoms with Crippen LogP contribution < -0.4 is 4.18 Å². The van der Waals surface area contributed by atoms with E-state index in [1.807, 2.05) is 0 Å². The molecule has 0 N–H and O–H groups in total. The zero-order valence-corrected chi connectivity index (χ0v) is 17.4. The van der Waals surface area contributed by atoms with Crippen molar-refractivity contribution in [1.29, 1.82) is 0 Å². The van der Waals surface area contributed by atoms with Crippen molar-refractivity contribution in [3.8, 4) is 11.4 Å². The Morgan fingerprint density at radius 3 is 2.68 bits per heavy atom. The minimum absolute atomic E-state index is 0.137. The van der Waals surface area contributed by atoms with Crippen LogP contribution in [-0.2, 0) is 35.5 Å². The van der Waals surface area contributed by atoms with Crippen LogP contribution in [0.4, 0.5) is 0 Å². The van der Waals surface area contributed by atoms with Gasteiger partial charge in [-0.2, -0.15) is 13.4 Å². The first kappa shape index (κ1) is 22.7. The Balaban J connectivity index is 1.95. The predicted molar refractivity (Wildman–Crippen MR) is 104 cm³/mol. The van der Waals surface area contributed by atoms with Gasteiger partial charge >= 0.3 is 15.3 Å². The average molecular weight is 433 g/mol. The van der Waals surface area contributed by atoms with Crippen LogP contribution in [0, 0.1) is 0 Å². The van der Waals surface area contributed by atoms with E-state index in [9.17, 15) is 13.0 Å². The molecule has 0 aliphatic carbocycles. The van der Waals surface area contributed by atoms with Gasteiger partial charge in [-0.25, -0.2) is 0 Å². The zero-order valence-electron chi connectivity index (χ0n) is 15.8. The van der Waals surface area contributed by atoms with Gasteiger partial charge in [0, 0.05) is 30.9 Å². The Morgan fingerprint density at radius 1 is 1.18 bits per heavy atom. The summed E-state index contributed by atoms with van der Waals surface area (Å²) in [6.45, 7) is 1.50. The molecule has 2 rings (SSSR count). The van der Waals surface area contributed by atoms with Gasteiger partial charge in [-0.1, -0.05) is 12.1 Å². The zero-order chi connectivity index (χ0) is 20.4. The van der Waals surface area contributed by atoms with Crippen molar-refractivity contribution in [3.05, 3.63) is 36.7 Å². The fraction of sp³-hybridized carbons (Fsp3) is 0.471. The number of ether oxygens (including phenoxy) is 3. The van der Waals surface area contributed by atoms with Gasteiger partial charge in [-0.15, -0.1) is 0 Å². The van der Waals surface area contributed by atoms with Gasteiger partial charge in [-0.05, 0) is 12.1 Å². The molecule has 0 aliphatic heterocycles. The summed E-state index contributed by atoms with van der Waals surface area (Å²) in [6.07, 6.45) is 4.63. The third-order valence-corrected chi connectivity index (χ3v) is 5.24. The molecule has 156 valence electrons. The lowest BCUT2D eigenvalue weighted by atomic mass is 10.3. The lowest BCUT2D eigenvalue weighted by molar-refractivity contribution is -0.0652. The maximum Gasteiger partial charge on any atom is 0.327 e. The number of rotatable bonds is 13. The molecule has 11 heteroatoms. The standard InChI is InChI=1S/C17H24N2O7S2/c1-23-11-12-25-14-24-10-5-13-27(20)17-18-8-9-19(17)15-6-3-4-7-16(15)26-28(2,21)22/h3-4,6-9H,5,10-14H2,1-2H3. The highest BCUT2D eigenvalue weighted by Crippen LogP contribution is 2.26. The number of methoxy groups -OCH3 is 1. The van der Waals surface area contributed by atoms with E-state index in [0.29, 0.717) is 42.8 Å². The quantitative estimate of drug-likeness (QED) is 0.202. The van der Waals surface area contributed by atoms with Crippen molar-refractivity contribution in [1.82, 2.24) is 9.55 Å². The van der Waals surface area contributed by atoms with Crippen LogP contribution in [0.3, 0.4) is 0 Å². The summed E-state index contributed by atoms with van der Waals surface area (Å²) in [4.78, 5) is 4.16. The predicted octanol–water partition coefficient (Wildman–Crippen LogP) is 1.35. The second-order valence-corrected chi connectivity index (χ2v) is 8.70. The Kier molecular flexibility index (Phi) is 9.22. The summed E-state index contributed by atoms with van der Waals surface area (Å²) in [5.74, 6) is 0.474. The molecule has 1 heterocycles. The molecule has 1 aromatic carbocycles. The lowest BCUT2D eigenvalue weighted by Crippen LogP contribution is -2.16. The first-order valence-corrected chi connectivity index (χ1v) is 11.6. The number of imidazole rings is 1. The van der Waals surface area contributed by atoms with Crippen LogP contribution in [0.25, 0.3) is 5.69 Å². The van der Waals surface area contributed by atoms with Gasteiger partial charge in [0.15, 0.2) is 5.75 Å². The number of aromatic nitrogens is 2. The van der Waals surface area contributed by atoms with Crippen LogP contribution in [-0.4, -0.2) is 68.3 Å². The number of para-hydroxylation sites is 2. The normalized spacial score (nSPS) is 12.8. The molecule has 0 saturated heterocycles. The van der Waals surface area contributed by atoms with Crippen molar-refractivity contribution in [2.45, 2.75) is 11.6 Å². The Morgan fingerprint density at radius 2 is 1.93 bits per heavy atom. The van der Waals surface area contributed by atoms with E-state index in [0.717, 1.165) is 6.26 Å². The highest BCUT2D eigenvalue weighted by molar-refractivity contribution is 7.91. The van der Waals surface area contributed by atoms with Crippen molar-refractivity contribution in [3.63, 3.8) is 0 Å². The summed E-state index contributed by atoms with van der Waals surface area (Å²) >= 11 is -1.40. The number of hydrogen-bond acceptors (Lipinski definition) is 8. The van der Waals surface area contributed by atoms with Crippen molar-refractivity contribution < 1.29 is 31.4 Å². The summed E-state index contributed by atoms with van der Waals surface area (Å²) < 4.78 is 57.5. The Bertz CT molecular complexity index is 826. The molecule has 0 bridgehead atoms. The van der Waals surface area contributed by atoms with Crippen molar-refractivity contribution >= 4 is 21.3 Å².